The van der Waals surface area contributed by atoms with Crippen molar-refractivity contribution in [3.8, 4) is 5.75 Å². The van der Waals surface area contributed by atoms with Crippen LogP contribution in [0.4, 0.5) is 5.69 Å². The van der Waals surface area contributed by atoms with Gasteiger partial charge in [0.25, 0.3) is 0 Å². The fraction of sp³-hybridized carbons (Fsp3) is 0.538. The lowest BCUT2D eigenvalue weighted by Crippen LogP contribution is -2.29. The molecule has 1 saturated heterocycles. The molecule has 0 unspecified atom stereocenters. The molecule has 0 aliphatic carbocycles. The van der Waals surface area contributed by atoms with Crippen LogP contribution in [-0.2, 0) is 13.1 Å². The Hall–Kier alpha value is -2.04. The van der Waals surface area contributed by atoms with Gasteiger partial charge in [-0.1, -0.05) is 56.7 Å². The fourth-order valence-electron chi connectivity index (χ4n) is 4.08. The number of benzene rings is 2. The molecular weight excluding hydrogens is 370 g/mol. The number of para-hydroxylation sites is 2. The second kappa shape index (κ2) is 12.6. The summed E-state index contributed by atoms with van der Waals surface area (Å²) >= 11 is 0. The Morgan fingerprint density at radius 3 is 2.47 bits per heavy atom. The minimum atomic E-state index is 0.281. The first-order valence-electron chi connectivity index (χ1n) is 11.8. The van der Waals surface area contributed by atoms with Crippen molar-refractivity contribution in [3.05, 3.63) is 59.7 Å². The quantitative estimate of drug-likeness (QED) is 0.458. The van der Waals surface area contributed by atoms with Gasteiger partial charge >= 0.3 is 0 Å². The molecule has 0 bridgehead atoms. The Bertz CT molecular complexity index is 739. The molecule has 0 saturated carbocycles. The van der Waals surface area contributed by atoms with Gasteiger partial charge in [-0.15, -0.1) is 0 Å². The maximum Gasteiger partial charge on any atom is 0.142 e. The van der Waals surface area contributed by atoms with Gasteiger partial charge in [-0.3, -0.25) is 4.90 Å². The molecule has 0 atom stereocenters. The SMILES string of the molecule is CCC(CC)Oc1ccccc1NCCNCc1cccc(CN2CCCCC2)c1. The number of piperidine rings is 1. The Kier molecular flexibility index (Phi) is 9.52. The van der Waals surface area contributed by atoms with E-state index >= 15 is 0 Å². The monoisotopic (exact) mass is 409 g/mol. The van der Waals surface area contributed by atoms with E-state index in [1.54, 1.807) is 0 Å². The highest BCUT2D eigenvalue weighted by Gasteiger charge is 2.11. The van der Waals surface area contributed by atoms with Crippen LogP contribution in [0.2, 0.25) is 0 Å². The highest BCUT2D eigenvalue weighted by atomic mass is 16.5. The van der Waals surface area contributed by atoms with E-state index in [1.165, 1.54) is 43.5 Å². The van der Waals surface area contributed by atoms with Crippen molar-refractivity contribution in [1.29, 1.82) is 0 Å². The summed E-state index contributed by atoms with van der Waals surface area (Å²) in [6, 6.07) is 17.3. The zero-order chi connectivity index (χ0) is 21.0. The molecule has 164 valence electrons. The number of nitrogens with one attached hydrogen (secondary N) is 2. The van der Waals surface area contributed by atoms with Gasteiger partial charge in [0.1, 0.15) is 5.75 Å². The van der Waals surface area contributed by atoms with Gasteiger partial charge < -0.3 is 15.4 Å². The van der Waals surface area contributed by atoms with Crippen LogP contribution in [-0.4, -0.2) is 37.2 Å². The lowest BCUT2D eigenvalue weighted by Gasteiger charge is -2.26. The van der Waals surface area contributed by atoms with Gasteiger partial charge in [0.05, 0.1) is 11.8 Å². The molecular formula is C26H39N3O. The van der Waals surface area contributed by atoms with E-state index in [2.05, 4.69) is 71.8 Å². The maximum atomic E-state index is 6.16. The fourth-order valence-corrected chi connectivity index (χ4v) is 4.08. The topological polar surface area (TPSA) is 36.5 Å². The lowest BCUT2D eigenvalue weighted by atomic mass is 10.1. The minimum Gasteiger partial charge on any atom is -0.488 e. The molecule has 30 heavy (non-hydrogen) atoms. The van der Waals surface area contributed by atoms with Crippen molar-refractivity contribution in [2.45, 2.75) is 65.1 Å². The summed E-state index contributed by atoms with van der Waals surface area (Å²) < 4.78 is 6.16. The molecule has 0 aromatic heterocycles. The Balaban J connectivity index is 1.41. The molecule has 0 amide bonds. The number of likely N-dealkylation sites (tertiary alicyclic amines) is 1. The van der Waals surface area contributed by atoms with Crippen LogP contribution >= 0.6 is 0 Å². The van der Waals surface area contributed by atoms with Crippen molar-refractivity contribution in [2.75, 3.05) is 31.5 Å². The predicted molar refractivity (Wildman–Crippen MR) is 127 cm³/mol. The number of hydrogen-bond acceptors (Lipinski definition) is 4. The number of nitrogens with zero attached hydrogens (tertiary/aromatic N) is 1. The first-order valence-corrected chi connectivity index (χ1v) is 11.8. The van der Waals surface area contributed by atoms with Gasteiger partial charge in [0.2, 0.25) is 0 Å². The van der Waals surface area contributed by atoms with Gasteiger partial charge in [-0.05, 0) is 62.0 Å². The molecule has 1 aliphatic rings. The molecule has 1 heterocycles. The van der Waals surface area contributed by atoms with Crippen molar-refractivity contribution < 1.29 is 4.74 Å². The summed E-state index contributed by atoms with van der Waals surface area (Å²) in [4.78, 5) is 2.58. The number of anilines is 1. The third-order valence-corrected chi connectivity index (χ3v) is 5.88. The van der Waals surface area contributed by atoms with E-state index in [4.69, 9.17) is 4.74 Å². The first-order chi connectivity index (χ1) is 14.8. The van der Waals surface area contributed by atoms with Crippen LogP contribution in [0.1, 0.15) is 57.1 Å². The molecule has 0 spiro atoms. The summed E-state index contributed by atoms with van der Waals surface area (Å²) in [6.45, 7) is 10.6. The van der Waals surface area contributed by atoms with Crippen LogP contribution in [0, 0.1) is 0 Å². The normalized spacial score (nSPS) is 14.8. The third-order valence-electron chi connectivity index (χ3n) is 5.88. The predicted octanol–water partition coefficient (Wildman–Crippen LogP) is 5.44. The summed E-state index contributed by atoms with van der Waals surface area (Å²) in [7, 11) is 0. The Morgan fingerprint density at radius 2 is 1.67 bits per heavy atom. The summed E-state index contributed by atoms with van der Waals surface area (Å²) in [5, 5.41) is 7.09. The van der Waals surface area contributed by atoms with Gasteiger partial charge in [0.15, 0.2) is 0 Å². The molecule has 2 N–H and O–H groups in total. The van der Waals surface area contributed by atoms with Crippen LogP contribution in [0.3, 0.4) is 0 Å². The van der Waals surface area contributed by atoms with Crippen LogP contribution in [0.15, 0.2) is 48.5 Å². The number of hydrogen-bond donors (Lipinski definition) is 2. The first kappa shape index (κ1) is 22.6. The zero-order valence-corrected chi connectivity index (χ0v) is 18.8. The van der Waals surface area contributed by atoms with Crippen molar-refractivity contribution >= 4 is 5.69 Å². The molecule has 3 rings (SSSR count). The van der Waals surface area contributed by atoms with Gasteiger partial charge in [-0.2, -0.15) is 0 Å². The van der Waals surface area contributed by atoms with Crippen molar-refractivity contribution in [1.82, 2.24) is 10.2 Å². The highest BCUT2D eigenvalue weighted by molar-refractivity contribution is 5.56. The average Bonchev–Trinajstić information content (AvgIpc) is 2.79. The van der Waals surface area contributed by atoms with E-state index in [0.717, 1.165) is 50.5 Å². The Morgan fingerprint density at radius 1 is 0.900 bits per heavy atom. The van der Waals surface area contributed by atoms with E-state index in [1.807, 2.05) is 6.07 Å². The number of rotatable bonds is 12. The van der Waals surface area contributed by atoms with E-state index in [9.17, 15) is 0 Å². The maximum absolute atomic E-state index is 6.16. The van der Waals surface area contributed by atoms with Gasteiger partial charge in [-0.25, -0.2) is 0 Å². The lowest BCUT2D eigenvalue weighted by molar-refractivity contribution is 0.194. The summed E-state index contributed by atoms with van der Waals surface area (Å²) in [5.41, 5.74) is 3.87. The minimum absolute atomic E-state index is 0.281. The smallest absolute Gasteiger partial charge is 0.142 e. The van der Waals surface area contributed by atoms with Crippen molar-refractivity contribution in [3.63, 3.8) is 0 Å². The van der Waals surface area contributed by atoms with Crippen LogP contribution < -0.4 is 15.4 Å². The molecule has 1 fully saturated rings. The molecule has 0 radical (unpaired) electrons. The third kappa shape index (κ3) is 7.33. The molecule has 4 nitrogen and oxygen atoms in total. The summed E-state index contributed by atoms with van der Waals surface area (Å²) in [5.74, 6) is 0.955. The highest BCUT2D eigenvalue weighted by Crippen LogP contribution is 2.25. The second-order valence-corrected chi connectivity index (χ2v) is 8.31. The molecule has 4 heteroatoms. The standard InChI is InChI=1S/C26H39N3O/c1-3-24(4-2)30-26-14-7-6-13-25(26)28-16-15-27-20-22-11-10-12-23(19-22)21-29-17-8-5-9-18-29/h6-7,10-14,19,24,27-28H,3-5,8-9,15-18,20-21H2,1-2H3. The van der Waals surface area contributed by atoms with Crippen LogP contribution in [0.25, 0.3) is 0 Å². The zero-order valence-electron chi connectivity index (χ0n) is 18.8. The van der Waals surface area contributed by atoms with Crippen molar-refractivity contribution in [2.24, 2.45) is 0 Å². The van der Waals surface area contributed by atoms with Gasteiger partial charge in [0, 0.05) is 26.2 Å². The molecule has 2 aromatic rings. The molecule has 2 aromatic carbocycles. The van der Waals surface area contributed by atoms with E-state index < -0.39 is 0 Å². The second-order valence-electron chi connectivity index (χ2n) is 8.31. The van der Waals surface area contributed by atoms with E-state index in [-0.39, 0.29) is 6.10 Å². The summed E-state index contributed by atoms with van der Waals surface area (Å²) in [6.07, 6.45) is 6.43. The largest absolute Gasteiger partial charge is 0.488 e. The average molecular weight is 410 g/mol. The Labute approximate surface area is 183 Å². The van der Waals surface area contributed by atoms with Crippen LogP contribution in [0.5, 0.6) is 5.75 Å². The van der Waals surface area contributed by atoms with E-state index in [0.29, 0.717) is 0 Å². The number of ether oxygens (including phenoxy) is 1. The molecule has 1 aliphatic heterocycles.